The summed E-state index contributed by atoms with van der Waals surface area (Å²) in [6.07, 6.45) is 5.54. The van der Waals surface area contributed by atoms with Crippen LogP contribution in [-0.4, -0.2) is 69.1 Å². The molecule has 1 saturated heterocycles. The van der Waals surface area contributed by atoms with Crippen LogP contribution in [0, 0.1) is 11.6 Å². The maximum atomic E-state index is 14.4. The summed E-state index contributed by atoms with van der Waals surface area (Å²) in [5.41, 5.74) is 0.974. The van der Waals surface area contributed by atoms with E-state index in [0.717, 1.165) is 56.7 Å². The first-order chi connectivity index (χ1) is 21.8. The quantitative estimate of drug-likeness (QED) is 0.214. The SMILES string of the molecule is CCCCC1CC(NC(=O)Nc2cc(C(=O)N(C)C)c(F)cc2F)CCN1Cc1ccc(Oc2ccc(NS(C)(=O)=O)cc2)cc1. The summed E-state index contributed by atoms with van der Waals surface area (Å²) in [6.45, 7) is 3.61. The lowest BCUT2D eigenvalue weighted by molar-refractivity contribution is 0.0823. The van der Waals surface area contributed by atoms with E-state index < -0.39 is 33.6 Å². The number of hydrogen-bond acceptors (Lipinski definition) is 6. The molecule has 0 bridgehead atoms. The van der Waals surface area contributed by atoms with Crippen LogP contribution in [0.3, 0.4) is 0 Å². The fraction of sp³-hybridized carbons (Fsp3) is 0.394. The number of ether oxygens (including phenoxy) is 1. The Balaban J connectivity index is 1.34. The van der Waals surface area contributed by atoms with Gasteiger partial charge in [0.25, 0.3) is 5.91 Å². The highest BCUT2D eigenvalue weighted by Gasteiger charge is 2.29. The van der Waals surface area contributed by atoms with Crippen molar-refractivity contribution in [3.63, 3.8) is 0 Å². The van der Waals surface area contributed by atoms with Crippen LogP contribution in [0.5, 0.6) is 11.5 Å². The van der Waals surface area contributed by atoms with E-state index in [4.69, 9.17) is 4.74 Å². The molecule has 1 aliphatic rings. The van der Waals surface area contributed by atoms with Gasteiger partial charge in [-0.25, -0.2) is 22.0 Å². The third-order valence-electron chi connectivity index (χ3n) is 7.71. The minimum Gasteiger partial charge on any atom is -0.457 e. The molecule has 3 N–H and O–H groups in total. The summed E-state index contributed by atoms with van der Waals surface area (Å²) in [6, 6.07) is 15.5. The molecule has 2 atom stereocenters. The molecule has 1 heterocycles. The number of hydrogen-bond donors (Lipinski definition) is 3. The zero-order valence-corrected chi connectivity index (χ0v) is 27.3. The fourth-order valence-corrected chi connectivity index (χ4v) is 5.98. The summed E-state index contributed by atoms with van der Waals surface area (Å²) in [7, 11) is -0.433. The van der Waals surface area contributed by atoms with Crippen molar-refractivity contribution < 1.29 is 31.5 Å². The van der Waals surface area contributed by atoms with Gasteiger partial charge in [0.1, 0.15) is 23.1 Å². The van der Waals surface area contributed by atoms with Crippen molar-refractivity contribution >= 4 is 33.3 Å². The number of piperidine rings is 1. The van der Waals surface area contributed by atoms with E-state index in [9.17, 15) is 26.8 Å². The van der Waals surface area contributed by atoms with Crippen LogP contribution in [0.15, 0.2) is 60.7 Å². The smallest absolute Gasteiger partial charge is 0.319 e. The Morgan fingerprint density at radius 1 is 1.00 bits per heavy atom. The van der Waals surface area contributed by atoms with E-state index in [1.54, 1.807) is 24.3 Å². The van der Waals surface area contributed by atoms with Gasteiger partial charge in [-0.05, 0) is 67.3 Å². The van der Waals surface area contributed by atoms with Gasteiger partial charge < -0.3 is 20.3 Å². The highest BCUT2D eigenvalue weighted by molar-refractivity contribution is 7.92. The normalized spacial score (nSPS) is 16.8. The molecular formula is C33H41F2N5O5S. The summed E-state index contributed by atoms with van der Waals surface area (Å²) in [5, 5.41) is 5.38. The van der Waals surface area contributed by atoms with Gasteiger partial charge in [0, 0.05) is 51.0 Å². The van der Waals surface area contributed by atoms with Gasteiger partial charge >= 0.3 is 6.03 Å². The average Bonchev–Trinajstić information content (AvgIpc) is 2.99. The Labute approximate surface area is 269 Å². The number of benzene rings is 3. The van der Waals surface area contributed by atoms with Crippen LogP contribution in [0.4, 0.5) is 25.0 Å². The van der Waals surface area contributed by atoms with Gasteiger partial charge in [-0.3, -0.25) is 14.4 Å². The molecule has 0 radical (unpaired) electrons. The number of unbranched alkanes of at least 4 members (excludes halogenated alkanes) is 1. The van der Waals surface area contributed by atoms with Crippen molar-refractivity contribution in [1.29, 1.82) is 0 Å². The molecule has 0 spiro atoms. The monoisotopic (exact) mass is 657 g/mol. The minimum absolute atomic E-state index is 0.140. The largest absolute Gasteiger partial charge is 0.457 e. The summed E-state index contributed by atoms with van der Waals surface area (Å²) < 4.78 is 59.8. The van der Waals surface area contributed by atoms with Gasteiger partial charge in [0.2, 0.25) is 10.0 Å². The van der Waals surface area contributed by atoms with Crippen molar-refractivity contribution in [2.45, 2.75) is 57.7 Å². The lowest BCUT2D eigenvalue weighted by atomic mass is 9.93. The van der Waals surface area contributed by atoms with E-state index >= 15 is 0 Å². The van der Waals surface area contributed by atoms with Crippen LogP contribution in [-0.2, 0) is 16.6 Å². The highest BCUT2D eigenvalue weighted by Crippen LogP contribution is 2.27. The van der Waals surface area contributed by atoms with Gasteiger partial charge in [-0.2, -0.15) is 0 Å². The average molecular weight is 658 g/mol. The number of carbonyl (C=O) groups excluding carboxylic acids is 2. The Morgan fingerprint density at radius 3 is 2.26 bits per heavy atom. The van der Waals surface area contributed by atoms with E-state index in [1.165, 1.54) is 19.0 Å². The zero-order chi connectivity index (χ0) is 33.4. The Kier molecular flexibility index (Phi) is 11.6. The molecule has 2 unspecified atom stereocenters. The standard InChI is InChI=1S/C33H41F2N5O5S/c1-5-6-7-25-18-24(36-33(42)37-31-19-28(32(41)39(2)3)29(34)20-30(31)35)16-17-40(25)21-22-8-12-26(13-9-22)45-27-14-10-23(11-15-27)38-46(4,43)44/h8-15,19-20,24-25,38H,5-7,16-18,21H2,1-4H3,(H2,36,37,42). The zero-order valence-electron chi connectivity index (χ0n) is 26.5. The molecule has 3 amide bonds. The molecule has 10 nitrogen and oxygen atoms in total. The molecule has 0 saturated carbocycles. The van der Waals surface area contributed by atoms with E-state index in [2.05, 4.69) is 27.2 Å². The third kappa shape index (κ3) is 9.88. The van der Waals surface area contributed by atoms with Gasteiger partial charge in [0.05, 0.1) is 17.5 Å². The molecule has 4 rings (SSSR count). The number of amides is 3. The number of nitrogens with zero attached hydrogens (tertiary/aromatic N) is 2. The first-order valence-corrected chi connectivity index (χ1v) is 17.1. The first-order valence-electron chi connectivity index (χ1n) is 15.2. The first kappa shape index (κ1) is 34.6. The number of urea groups is 1. The molecule has 0 aliphatic carbocycles. The second kappa shape index (κ2) is 15.4. The number of sulfonamides is 1. The van der Waals surface area contributed by atoms with Gasteiger partial charge in [-0.1, -0.05) is 31.9 Å². The van der Waals surface area contributed by atoms with Crippen molar-refractivity contribution in [3.05, 3.63) is 83.4 Å². The van der Waals surface area contributed by atoms with E-state index in [0.29, 0.717) is 29.7 Å². The van der Waals surface area contributed by atoms with Crippen LogP contribution < -0.4 is 20.1 Å². The van der Waals surface area contributed by atoms with E-state index in [1.807, 2.05) is 24.3 Å². The Morgan fingerprint density at radius 2 is 1.65 bits per heavy atom. The number of likely N-dealkylation sites (tertiary alicyclic amines) is 1. The van der Waals surface area contributed by atoms with E-state index in [-0.39, 0.29) is 23.3 Å². The summed E-state index contributed by atoms with van der Waals surface area (Å²) >= 11 is 0. The highest BCUT2D eigenvalue weighted by atomic mass is 32.2. The topological polar surface area (TPSA) is 120 Å². The molecule has 3 aromatic rings. The van der Waals surface area contributed by atoms with Crippen LogP contribution in [0.2, 0.25) is 0 Å². The van der Waals surface area contributed by atoms with Crippen molar-refractivity contribution in [3.8, 4) is 11.5 Å². The molecule has 46 heavy (non-hydrogen) atoms. The lowest BCUT2D eigenvalue weighted by Gasteiger charge is -2.40. The second-order valence-corrected chi connectivity index (χ2v) is 13.5. The molecule has 1 aliphatic heterocycles. The van der Waals surface area contributed by atoms with Crippen LogP contribution >= 0.6 is 0 Å². The fourth-order valence-electron chi connectivity index (χ4n) is 5.41. The number of nitrogens with one attached hydrogen (secondary N) is 3. The number of rotatable bonds is 12. The summed E-state index contributed by atoms with van der Waals surface area (Å²) in [5.74, 6) is -1.36. The maximum Gasteiger partial charge on any atom is 0.319 e. The van der Waals surface area contributed by atoms with Crippen molar-refractivity contribution in [2.24, 2.45) is 0 Å². The molecule has 1 fully saturated rings. The lowest BCUT2D eigenvalue weighted by Crippen LogP contribution is -2.50. The molecule has 0 aromatic heterocycles. The third-order valence-corrected chi connectivity index (χ3v) is 8.31. The Bertz CT molecular complexity index is 1620. The van der Waals surface area contributed by atoms with Crippen LogP contribution in [0.25, 0.3) is 0 Å². The second-order valence-electron chi connectivity index (χ2n) is 11.7. The molecule has 3 aromatic carbocycles. The predicted octanol–water partition coefficient (Wildman–Crippen LogP) is 6.18. The predicted molar refractivity (Wildman–Crippen MR) is 175 cm³/mol. The number of carbonyl (C=O) groups is 2. The number of anilines is 2. The van der Waals surface area contributed by atoms with Crippen molar-refractivity contribution in [1.82, 2.24) is 15.1 Å². The summed E-state index contributed by atoms with van der Waals surface area (Å²) in [4.78, 5) is 28.7. The van der Waals surface area contributed by atoms with Gasteiger partial charge in [0.15, 0.2) is 0 Å². The Hall–Kier alpha value is -4.23. The van der Waals surface area contributed by atoms with Crippen molar-refractivity contribution in [2.75, 3.05) is 36.9 Å². The van der Waals surface area contributed by atoms with Crippen LogP contribution in [0.1, 0.15) is 54.9 Å². The number of halogens is 2. The molecular weight excluding hydrogens is 616 g/mol. The maximum absolute atomic E-state index is 14.4. The minimum atomic E-state index is -3.35. The molecule has 13 heteroatoms. The van der Waals surface area contributed by atoms with Gasteiger partial charge in [-0.15, -0.1) is 0 Å². The molecule has 248 valence electrons.